The van der Waals surface area contributed by atoms with Crippen molar-refractivity contribution in [3.8, 4) is 0 Å². The van der Waals surface area contributed by atoms with Gasteiger partial charge >= 0.3 is 0 Å². The Morgan fingerprint density at radius 2 is 1.58 bits per heavy atom. The van der Waals surface area contributed by atoms with Gasteiger partial charge in [-0.2, -0.15) is 0 Å². The number of imide groups is 1. The number of carbonyl (C=O) groups is 3. The number of carbonyl (C=O) groups excluding carboxylic acids is 3. The fourth-order valence-corrected chi connectivity index (χ4v) is 3.95. The third-order valence-corrected chi connectivity index (χ3v) is 6.11. The van der Waals surface area contributed by atoms with Crippen LogP contribution >= 0.6 is 50.7 Å². The average Bonchev–Trinajstić information content (AvgIpc) is 3.00. The Labute approximate surface area is 212 Å². The van der Waals surface area contributed by atoms with Crippen LogP contribution < -0.4 is 15.5 Å². The van der Waals surface area contributed by atoms with Crippen LogP contribution in [-0.4, -0.2) is 17.7 Å². The van der Waals surface area contributed by atoms with E-state index in [1.54, 1.807) is 30.3 Å². The number of nitrogens with zero attached hydrogens (tertiary/aromatic N) is 1. The Morgan fingerprint density at radius 1 is 0.848 bits per heavy atom. The van der Waals surface area contributed by atoms with E-state index in [1.165, 1.54) is 24.3 Å². The molecule has 0 spiro atoms. The molecule has 0 aromatic heterocycles. The Bertz CT molecular complexity index is 1330. The first kappa shape index (κ1) is 23.3. The molecule has 0 atom stereocenters. The summed E-state index contributed by atoms with van der Waals surface area (Å²) in [6, 6.07) is 18.0. The molecule has 166 valence electrons. The normalized spacial score (nSPS) is 13.5. The molecule has 1 aliphatic rings. The molecular weight excluding hydrogens is 553 g/mol. The molecule has 0 saturated heterocycles. The van der Waals surface area contributed by atoms with Crippen LogP contribution in [0.1, 0.15) is 10.4 Å². The molecular formula is C23H13BrCl3N3O3. The summed E-state index contributed by atoms with van der Waals surface area (Å²) in [5, 5.41) is 5.80. The van der Waals surface area contributed by atoms with Crippen LogP contribution in [0.5, 0.6) is 0 Å². The second kappa shape index (κ2) is 9.57. The molecule has 3 amide bonds. The van der Waals surface area contributed by atoms with Gasteiger partial charge in [-0.25, -0.2) is 4.90 Å². The summed E-state index contributed by atoms with van der Waals surface area (Å²) in [7, 11) is 0. The molecule has 0 aliphatic carbocycles. The van der Waals surface area contributed by atoms with E-state index in [2.05, 4.69) is 26.6 Å². The summed E-state index contributed by atoms with van der Waals surface area (Å²) >= 11 is 21.7. The van der Waals surface area contributed by atoms with Gasteiger partial charge in [-0.3, -0.25) is 14.4 Å². The first-order valence-corrected chi connectivity index (χ1v) is 11.3. The number of nitrogens with one attached hydrogen (secondary N) is 2. The van der Waals surface area contributed by atoms with Crippen molar-refractivity contribution in [2.45, 2.75) is 0 Å². The van der Waals surface area contributed by atoms with Gasteiger partial charge < -0.3 is 10.6 Å². The smallest absolute Gasteiger partial charge is 0.283 e. The maximum absolute atomic E-state index is 13.0. The van der Waals surface area contributed by atoms with Crippen molar-refractivity contribution in [1.29, 1.82) is 0 Å². The zero-order chi connectivity index (χ0) is 23.7. The number of amides is 3. The van der Waals surface area contributed by atoms with Gasteiger partial charge in [0.05, 0.1) is 10.7 Å². The lowest BCUT2D eigenvalue weighted by molar-refractivity contribution is -0.120. The van der Waals surface area contributed by atoms with Gasteiger partial charge in [-0.05, 0) is 60.7 Å². The van der Waals surface area contributed by atoms with Crippen molar-refractivity contribution in [2.75, 3.05) is 15.5 Å². The van der Waals surface area contributed by atoms with Gasteiger partial charge in [-0.15, -0.1) is 0 Å². The fraction of sp³-hybridized carbons (Fsp3) is 0. The van der Waals surface area contributed by atoms with Crippen LogP contribution in [0.2, 0.25) is 10.0 Å². The molecule has 4 rings (SSSR count). The van der Waals surface area contributed by atoms with E-state index in [0.29, 0.717) is 22.0 Å². The van der Waals surface area contributed by atoms with Crippen LogP contribution in [0.3, 0.4) is 0 Å². The zero-order valence-electron chi connectivity index (χ0n) is 16.5. The minimum atomic E-state index is -0.738. The summed E-state index contributed by atoms with van der Waals surface area (Å²) in [6.45, 7) is 0. The van der Waals surface area contributed by atoms with Gasteiger partial charge in [0.25, 0.3) is 17.7 Å². The Hall–Kier alpha value is -2.84. The molecule has 3 aromatic rings. The van der Waals surface area contributed by atoms with Crippen molar-refractivity contribution in [2.24, 2.45) is 0 Å². The summed E-state index contributed by atoms with van der Waals surface area (Å²) in [5.74, 6) is -1.78. The molecule has 0 bridgehead atoms. The maximum Gasteiger partial charge on any atom is 0.283 e. The molecule has 1 aliphatic heterocycles. The third-order valence-electron chi connectivity index (χ3n) is 4.67. The Balaban J connectivity index is 1.56. The van der Waals surface area contributed by atoms with Crippen molar-refractivity contribution in [1.82, 2.24) is 0 Å². The van der Waals surface area contributed by atoms with E-state index >= 15 is 0 Å². The number of benzene rings is 3. The highest BCUT2D eigenvalue weighted by molar-refractivity contribution is 9.10. The standard InChI is InChI=1S/C23H13BrCl3N3O3/c24-13-4-7-15(8-5-13)29-21(31)12-2-1-3-16(10-12)28-20-19(27)22(32)30(23(20)33)18-11-14(25)6-9-17(18)26/h1-11,28H,(H,29,31). The zero-order valence-corrected chi connectivity index (χ0v) is 20.4. The summed E-state index contributed by atoms with van der Waals surface area (Å²) in [4.78, 5) is 39.2. The SMILES string of the molecule is O=C(Nc1ccc(Br)cc1)c1cccc(NC2=C(Cl)C(=O)N(c3cc(Cl)ccc3Cl)C2=O)c1. The topological polar surface area (TPSA) is 78.5 Å². The quantitative estimate of drug-likeness (QED) is 0.349. The van der Waals surface area contributed by atoms with Crippen molar-refractivity contribution >= 4 is 85.5 Å². The monoisotopic (exact) mass is 563 g/mol. The molecule has 1 heterocycles. The number of anilines is 3. The molecule has 33 heavy (non-hydrogen) atoms. The second-order valence-corrected chi connectivity index (χ2v) is 9.03. The van der Waals surface area contributed by atoms with Crippen LogP contribution in [0.15, 0.2) is 81.9 Å². The van der Waals surface area contributed by atoms with E-state index in [0.717, 1.165) is 9.37 Å². The highest BCUT2D eigenvalue weighted by atomic mass is 79.9. The molecule has 0 saturated carbocycles. The number of rotatable bonds is 5. The van der Waals surface area contributed by atoms with Crippen LogP contribution in [0.25, 0.3) is 0 Å². The fourth-order valence-electron chi connectivity index (χ4n) is 3.11. The third kappa shape index (κ3) is 4.91. The van der Waals surface area contributed by atoms with Gasteiger partial charge in [0.1, 0.15) is 10.7 Å². The summed E-state index contributed by atoms with van der Waals surface area (Å²) in [6.07, 6.45) is 0. The van der Waals surface area contributed by atoms with Crippen LogP contribution in [0.4, 0.5) is 17.1 Å². The van der Waals surface area contributed by atoms with Crippen LogP contribution in [0, 0.1) is 0 Å². The van der Waals surface area contributed by atoms with Crippen molar-refractivity contribution < 1.29 is 14.4 Å². The summed E-state index contributed by atoms with van der Waals surface area (Å²) < 4.78 is 0.890. The van der Waals surface area contributed by atoms with Gasteiger partial charge in [0, 0.05) is 26.4 Å². The van der Waals surface area contributed by atoms with Gasteiger partial charge in [0.2, 0.25) is 0 Å². The van der Waals surface area contributed by atoms with Crippen molar-refractivity contribution in [3.05, 3.63) is 97.5 Å². The number of hydrogen-bond acceptors (Lipinski definition) is 4. The number of hydrogen-bond donors (Lipinski definition) is 2. The minimum Gasteiger partial charge on any atom is -0.350 e. The number of halogens is 4. The van der Waals surface area contributed by atoms with E-state index in [-0.39, 0.29) is 27.3 Å². The largest absolute Gasteiger partial charge is 0.350 e. The first-order chi connectivity index (χ1) is 15.7. The predicted molar refractivity (Wildman–Crippen MR) is 134 cm³/mol. The molecule has 0 radical (unpaired) electrons. The average molecular weight is 566 g/mol. The first-order valence-electron chi connectivity index (χ1n) is 9.42. The molecule has 2 N–H and O–H groups in total. The maximum atomic E-state index is 13.0. The molecule has 6 nitrogen and oxygen atoms in total. The molecule has 0 unspecified atom stereocenters. The lowest BCUT2D eigenvalue weighted by atomic mass is 10.1. The second-order valence-electron chi connectivity index (χ2n) is 6.90. The molecule has 10 heteroatoms. The highest BCUT2D eigenvalue weighted by Gasteiger charge is 2.40. The molecule has 3 aromatic carbocycles. The van der Waals surface area contributed by atoms with Gasteiger partial charge in [-0.1, -0.05) is 56.8 Å². The Morgan fingerprint density at radius 3 is 2.30 bits per heavy atom. The minimum absolute atomic E-state index is 0.122. The highest BCUT2D eigenvalue weighted by Crippen LogP contribution is 2.35. The van der Waals surface area contributed by atoms with E-state index in [1.807, 2.05) is 12.1 Å². The summed E-state index contributed by atoms with van der Waals surface area (Å²) in [5.41, 5.74) is 1.34. The lowest BCUT2D eigenvalue weighted by Gasteiger charge is -2.17. The van der Waals surface area contributed by atoms with Gasteiger partial charge in [0.15, 0.2) is 0 Å². The molecule has 0 fully saturated rings. The van der Waals surface area contributed by atoms with E-state index < -0.39 is 11.8 Å². The van der Waals surface area contributed by atoms with E-state index in [4.69, 9.17) is 34.8 Å². The Kier molecular flexibility index (Phi) is 6.76. The van der Waals surface area contributed by atoms with Crippen LogP contribution in [-0.2, 0) is 9.59 Å². The lowest BCUT2D eigenvalue weighted by Crippen LogP contribution is -2.32. The van der Waals surface area contributed by atoms with E-state index in [9.17, 15) is 14.4 Å². The van der Waals surface area contributed by atoms with Crippen molar-refractivity contribution in [3.63, 3.8) is 0 Å². The predicted octanol–water partition coefficient (Wildman–Crippen LogP) is 6.44.